The molecule has 0 spiro atoms. The van der Waals surface area contributed by atoms with E-state index in [1.54, 1.807) is 91.8 Å². The monoisotopic (exact) mass is 1030 g/mol. The largest absolute Gasteiger partial charge is 0.444 e. The maximum Gasteiger partial charge on any atom is 0.415 e. The zero-order valence-electron chi connectivity index (χ0n) is 38.7. The van der Waals surface area contributed by atoms with Gasteiger partial charge in [0.15, 0.2) is 0 Å². The molecule has 0 unspecified atom stereocenters. The molecule has 0 saturated carbocycles. The Morgan fingerprint density at radius 2 is 0.942 bits per heavy atom. The Labute approximate surface area is 419 Å². The van der Waals surface area contributed by atoms with Gasteiger partial charge in [-0.05, 0) is 109 Å². The van der Waals surface area contributed by atoms with Gasteiger partial charge in [0.2, 0.25) is 22.7 Å². The van der Waals surface area contributed by atoms with Crippen LogP contribution in [0, 0.1) is 59.8 Å². The minimum atomic E-state index is -0.741. The standard InChI is InChI=1S/2C14H15ClN2O3.C11H13ClN2O.C8H5ClFN.CO2/c2*1-7-11(6-5-10(16-4)12(7)15)17-13(8(2)18)9(3)20-14(17)19;1-7(15)6-14-9-4-5-10(13-3)11(12)8(9)2;1-5-6(10)3-4-7(11-2)8(5)9;2-1-3/h2*5-6,8-9,13,18H,1-3H3;4-5,7,14-15H,6H2,1-2H3;3-4H,1H3;/t8-,9+,13+;8-,9-,13-;7-;;/m100../s1. The van der Waals surface area contributed by atoms with Crippen molar-refractivity contribution in [3.63, 3.8) is 0 Å². The highest BCUT2D eigenvalue weighted by Gasteiger charge is 2.44. The number of hydrogen-bond donors (Lipinski definition) is 4. The molecule has 4 N–H and O–H groups in total. The smallest absolute Gasteiger partial charge is 0.415 e. The second-order valence-electron chi connectivity index (χ2n) is 15.3. The van der Waals surface area contributed by atoms with Crippen LogP contribution in [-0.4, -0.2) is 82.8 Å². The number of benzene rings is 4. The highest BCUT2D eigenvalue weighted by Crippen LogP contribution is 2.40. The average molecular weight is 1030 g/mol. The fourth-order valence-electron chi connectivity index (χ4n) is 6.92. The van der Waals surface area contributed by atoms with E-state index in [-0.39, 0.29) is 17.0 Å². The Kier molecular flexibility index (Phi) is 22.9. The van der Waals surface area contributed by atoms with Crippen molar-refractivity contribution in [3.05, 3.63) is 142 Å². The van der Waals surface area contributed by atoms with Crippen molar-refractivity contribution in [2.24, 2.45) is 0 Å². The molecule has 2 aliphatic heterocycles. The summed E-state index contributed by atoms with van der Waals surface area (Å²) >= 11 is 23.9. The summed E-state index contributed by atoms with van der Waals surface area (Å²) in [7, 11) is 0. The minimum absolute atomic E-state index is 0.208. The predicted octanol–water partition coefficient (Wildman–Crippen LogP) is 12.3. The molecule has 4 aromatic carbocycles. The minimum Gasteiger partial charge on any atom is -0.444 e. The van der Waals surface area contributed by atoms with Gasteiger partial charge in [-0.3, -0.25) is 9.80 Å². The quantitative estimate of drug-likeness (QED) is 0.130. The third kappa shape index (κ3) is 14.5. The highest BCUT2D eigenvalue weighted by atomic mass is 35.5. The van der Waals surface area contributed by atoms with Crippen LogP contribution in [0.4, 0.5) is 53.8 Å². The number of halogens is 5. The maximum atomic E-state index is 12.7. The number of carbonyl (C=O) groups is 2. The average Bonchev–Trinajstić information content (AvgIpc) is 3.77. The van der Waals surface area contributed by atoms with Crippen molar-refractivity contribution in [1.29, 1.82) is 0 Å². The number of nitrogens with one attached hydrogen (secondary N) is 1. The molecule has 2 heterocycles. The molecule has 69 heavy (non-hydrogen) atoms. The fourth-order valence-corrected chi connectivity index (χ4v) is 7.73. The first-order valence-corrected chi connectivity index (χ1v) is 22.0. The summed E-state index contributed by atoms with van der Waals surface area (Å²) in [5, 5.41) is 33.3. The van der Waals surface area contributed by atoms with Crippen molar-refractivity contribution >= 4 is 105 Å². The van der Waals surface area contributed by atoms with E-state index in [2.05, 4.69) is 24.7 Å². The van der Waals surface area contributed by atoms with E-state index in [4.69, 9.17) is 96.9 Å². The zero-order chi connectivity index (χ0) is 52.6. The third-order valence-electron chi connectivity index (χ3n) is 10.4. The number of rotatable bonds is 7. The summed E-state index contributed by atoms with van der Waals surface area (Å²) in [5.74, 6) is -0.373. The summed E-state index contributed by atoms with van der Waals surface area (Å²) in [6.45, 7) is 43.4. The van der Waals surface area contributed by atoms with Crippen molar-refractivity contribution < 1.29 is 48.4 Å². The number of ether oxygens (including phenoxy) is 2. The normalized spacial score (nSPS) is 17.8. The molecule has 16 nitrogen and oxygen atoms in total. The number of cyclic esters (lactones) is 2. The molecule has 6 rings (SSSR count). The van der Waals surface area contributed by atoms with Crippen LogP contribution in [0.5, 0.6) is 0 Å². The Morgan fingerprint density at radius 3 is 1.28 bits per heavy atom. The number of hydrogen-bond acceptors (Lipinski definition) is 10. The van der Waals surface area contributed by atoms with Crippen molar-refractivity contribution in [2.75, 3.05) is 21.7 Å². The molecule has 2 fully saturated rings. The lowest BCUT2D eigenvalue weighted by molar-refractivity contribution is -0.191. The highest BCUT2D eigenvalue weighted by molar-refractivity contribution is 6.35. The molecule has 0 bridgehead atoms. The van der Waals surface area contributed by atoms with Gasteiger partial charge >= 0.3 is 18.3 Å². The molecule has 2 aliphatic rings. The first-order valence-electron chi connectivity index (χ1n) is 20.5. The number of aliphatic hydroxyl groups excluding tert-OH is 3. The summed E-state index contributed by atoms with van der Waals surface area (Å²) in [6.07, 6.45) is -3.51. The second-order valence-corrected chi connectivity index (χ2v) is 16.8. The van der Waals surface area contributed by atoms with E-state index in [0.717, 1.165) is 11.3 Å². The number of nitrogens with zero attached hydrogens (tertiary/aromatic N) is 6. The molecule has 0 radical (unpaired) electrons. The van der Waals surface area contributed by atoms with Gasteiger partial charge in [0.05, 0.1) is 64.7 Å². The lowest BCUT2D eigenvalue weighted by Gasteiger charge is -2.27. The van der Waals surface area contributed by atoms with Gasteiger partial charge in [-0.15, -0.1) is 0 Å². The van der Waals surface area contributed by atoms with E-state index >= 15 is 0 Å². The van der Waals surface area contributed by atoms with Gasteiger partial charge in [-0.2, -0.15) is 9.59 Å². The van der Waals surface area contributed by atoms with Crippen molar-refractivity contribution in [2.45, 2.75) is 105 Å². The SMILES string of the molecule is O=C=O.[C-]#[N+]c1ccc(F)c(C)c1Cl.[C-]#[N+]c1ccc(N2C(=O)O[C@@H](C)[C@@H]2[C@@H](C)O)c(C)c1Cl.[C-]#[N+]c1ccc(N2C(=O)O[C@@H](C)[C@@H]2[C@H](C)O)c(C)c1Cl.[C-]#[N+]c1ccc(NC[C@H](C)O)c(C)c1Cl. The molecule has 2 amide bonds. The molecular weight excluding hydrogens is 979 g/mol. The van der Waals surface area contributed by atoms with E-state index in [1.165, 1.54) is 21.9 Å². The number of anilines is 3. The van der Waals surface area contributed by atoms with Crippen LogP contribution in [0.1, 0.15) is 56.9 Å². The predicted molar refractivity (Wildman–Crippen MR) is 263 cm³/mol. The van der Waals surface area contributed by atoms with Crippen LogP contribution in [0.2, 0.25) is 20.1 Å². The van der Waals surface area contributed by atoms with E-state index in [1.807, 2.05) is 6.92 Å². The number of aliphatic hydroxyl groups is 3. The summed E-state index contributed by atoms with van der Waals surface area (Å²) in [4.78, 5) is 56.2. The van der Waals surface area contributed by atoms with E-state index in [9.17, 15) is 24.2 Å². The lowest BCUT2D eigenvalue weighted by Crippen LogP contribution is -2.44. The Bertz CT molecular complexity index is 2620. The van der Waals surface area contributed by atoms with Gasteiger partial charge in [0.25, 0.3) is 0 Å². The van der Waals surface area contributed by atoms with Gasteiger partial charge in [0.1, 0.15) is 30.1 Å². The number of carbonyl (C=O) groups excluding carboxylic acids is 4. The van der Waals surface area contributed by atoms with Crippen LogP contribution in [-0.2, 0) is 19.1 Å². The Morgan fingerprint density at radius 1 is 0.623 bits per heavy atom. The van der Waals surface area contributed by atoms with Crippen molar-refractivity contribution in [1.82, 2.24) is 0 Å². The summed E-state index contributed by atoms with van der Waals surface area (Å²) < 4.78 is 23.1. The van der Waals surface area contributed by atoms with E-state index in [0.29, 0.717) is 72.4 Å². The van der Waals surface area contributed by atoms with Crippen molar-refractivity contribution in [3.8, 4) is 0 Å². The molecule has 0 aromatic heterocycles. The van der Waals surface area contributed by atoms with Crippen LogP contribution in [0.25, 0.3) is 19.4 Å². The summed E-state index contributed by atoms with van der Waals surface area (Å²) in [6, 6.07) is 11.6. The first kappa shape index (κ1) is 58.7. The third-order valence-corrected chi connectivity index (χ3v) is 12.4. The fraction of sp³-hybridized carbons (Fsp3) is 0.354. The Hall–Kier alpha value is -6.47. The van der Waals surface area contributed by atoms with Gasteiger partial charge in [0, 0.05) is 23.6 Å². The molecular formula is C48H48Cl4FN7O9. The molecule has 0 aliphatic carbocycles. The number of amides is 2. The van der Waals surface area contributed by atoms with Crippen LogP contribution >= 0.6 is 46.4 Å². The zero-order valence-corrected chi connectivity index (χ0v) is 41.8. The summed E-state index contributed by atoms with van der Waals surface area (Å²) in [5.41, 5.74) is 5.81. The molecule has 364 valence electrons. The molecule has 21 heteroatoms. The first-order chi connectivity index (χ1) is 32.4. The van der Waals surface area contributed by atoms with Gasteiger partial charge < -0.3 is 30.1 Å². The van der Waals surface area contributed by atoms with Crippen LogP contribution in [0.15, 0.2) is 48.5 Å². The van der Waals surface area contributed by atoms with Gasteiger partial charge in [-0.1, -0.05) is 70.7 Å². The second kappa shape index (κ2) is 26.9. The maximum absolute atomic E-state index is 12.7. The van der Waals surface area contributed by atoms with Crippen LogP contribution < -0.4 is 15.1 Å². The topological polar surface area (TPSA) is 183 Å². The molecule has 7 atom stereocenters. The Balaban J connectivity index is 0.000000316. The van der Waals surface area contributed by atoms with E-state index < -0.39 is 54.8 Å². The molecule has 2 saturated heterocycles. The van der Waals surface area contributed by atoms with Crippen LogP contribution in [0.3, 0.4) is 0 Å². The lowest BCUT2D eigenvalue weighted by atomic mass is 10.0. The molecule has 4 aromatic rings. The van der Waals surface area contributed by atoms with Gasteiger partial charge in [-0.25, -0.2) is 33.4 Å².